The number of hydrogen-bond acceptors (Lipinski definition) is 8. The maximum absolute atomic E-state index is 14.1. The Balaban J connectivity index is 1.83. The monoisotopic (exact) mass is 470 g/mol. The van der Waals surface area contributed by atoms with Gasteiger partial charge in [0.05, 0.1) is 18.4 Å². The molecule has 0 N–H and O–H groups in total. The van der Waals surface area contributed by atoms with Crippen LogP contribution in [0.2, 0.25) is 0 Å². The highest BCUT2D eigenvalue weighted by atomic mass is 16.7. The molecule has 8 nitrogen and oxygen atoms in total. The van der Waals surface area contributed by atoms with E-state index in [1.165, 1.54) is 13.2 Å². The smallest absolute Gasteiger partial charge is 0.332 e. The summed E-state index contributed by atoms with van der Waals surface area (Å²) in [5, 5.41) is 0. The second-order valence-electron chi connectivity index (χ2n) is 11.1. The third-order valence-electron chi connectivity index (χ3n) is 9.07. The molecular weight excluding hydrogens is 440 g/mol. The highest BCUT2D eigenvalue weighted by Gasteiger charge is 2.81. The van der Waals surface area contributed by atoms with Gasteiger partial charge in [0.25, 0.3) is 0 Å². The summed E-state index contributed by atoms with van der Waals surface area (Å²) >= 11 is 0. The Morgan fingerprint density at radius 2 is 1.85 bits per heavy atom. The van der Waals surface area contributed by atoms with Crippen LogP contribution in [0.15, 0.2) is 35.5 Å². The highest BCUT2D eigenvalue weighted by molar-refractivity contribution is 6.09. The van der Waals surface area contributed by atoms with Crippen molar-refractivity contribution in [2.75, 3.05) is 7.11 Å². The number of ketones is 1. The molecule has 3 aliphatic heterocycles. The summed E-state index contributed by atoms with van der Waals surface area (Å²) in [6.45, 7) is 13.1. The zero-order valence-corrected chi connectivity index (χ0v) is 20.4. The first-order chi connectivity index (χ1) is 15.8. The van der Waals surface area contributed by atoms with Crippen molar-refractivity contribution >= 4 is 23.7 Å². The van der Waals surface area contributed by atoms with E-state index >= 15 is 0 Å². The fourth-order valence-electron chi connectivity index (χ4n) is 7.44. The number of methoxy groups -OCH3 is 1. The molecule has 3 fully saturated rings. The van der Waals surface area contributed by atoms with E-state index in [0.29, 0.717) is 24.0 Å². The summed E-state index contributed by atoms with van der Waals surface area (Å²) in [6, 6.07) is 0. The van der Waals surface area contributed by atoms with E-state index in [4.69, 9.17) is 18.9 Å². The van der Waals surface area contributed by atoms with Crippen molar-refractivity contribution in [3.8, 4) is 0 Å². The number of allylic oxidation sites excluding steroid dienone is 2. The Bertz CT molecular complexity index is 1130. The van der Waals surface area contributed by atoms with Gasteiger partial charge in [0, 0.05) is 11.5 Å². The molecule has 2 saturated heterocycles. The van der Waals surface area contributed by atoms with Crippen LogP contribution < -0.4 is 0 Å². The molecule has 34 heavy (non-hydrogen) atoms. The number of Topliss-reactive ketones (excluding diaryl/α,β-unsaturated/α-hetero) is 1. The van der Waals surface area contributed by atoms with Crippen molar-refractivity contribution < 1.29 is 38.1 Å². The fourth-order valence-corrected chi connectivity index (χ4v) is 7.44. The number of carbonyl (C=O) groups excluding carboxylic acids is 4. The van der Waals surface area contributed by atoms with Crippen molar-refractivity contribution in [2.45, 2.75) is 65.5 Å². The summed E-state index contributed by atoms with van der Waals surface area (Å²) in [5.74, 6) is -3.46. The van der Waals surface area contributed by atoms with Gasteiger partial charge in [-0.2, -0.15) is 0 Å². The van der Waals surface area contributed by atoms with Crippen LogP contribution >= 0.6 is 0 Å². The molecule has 5 rings (SSSR count). The minimum Gasteiger partial charge on any atom is -0.468 e. The van der Waals surface area contributed by atoms with E-state index in [1.807, 2.05) is 13.0 Å². The van der Waals surface area contributed by atoms with Crippen molar-refractivity contribution in [1.29, 1.82) is 0 Å². The number of rotatable bonds is 1. The molecular formula is C26H30O8. The number of fused-ring (bicyclic) bond motifs is 3. The van der Waals surface area contributed by atoms with E-state index in [9.17, 15) is 19.2 Å². The van der Waals surface area contributed by atoms with E-state index < -0.39 is 69.8 Å². The fraction of sp³-hybridized carbons (Fsp3) is 0.615. The zero-order chi connectivity index (χ0) is 25.0. The van der Waals surface area contributed by atoms with Gasteiger partial charge in [-0.15, -0.1) is 0 Å². The SMILES string of the molecule is C=C1C2=CC(=O)OC(C)(C)C2=CC[C@@]2(C)C1C[C@@]1(C)C(=O)O[C@H]3O[C@@H](C)C(=O)[C@@]2(C(=O)OC)[C@H]31. The van der Waals surface area contributed by atoms with Crippen molar-refractivity contribution in [3.05, 3.63) is 35.5 Å². The quantitative estimate of drug-likeness (QED) is 0.327. The van der Waals surface area contributed by atoms with Crippen molar-refractivity contribution in [1.82, 2.24) is 0 Å². The van der Waals surface area contributed by atoms with Crippen LogP contribution in [0.3, 0.4) is 0 Å². The molecule has 0 aromatic heterocycles. The lowest BCUT2D eigenvalue weighted by molar-refractivity contribution is -0.250. The highest BCUT2D eigenvalue weighted by Crippen LogP contribution is 2.72. The maximum Gasteiger partial charge on any atom is 0.332 e. The summed E-state index contributed by atoms with van der Waals surface area (Å²) in [6.07, 6.45) is 1.95. The summed E-state index contributed by atoms with van der Waals surface area (Å²) < 4.78 is 22.4. The standard InChI is InChI=1S/C26H30O8/c1-12-14-10-17(27)34-23(3,4)15(14)8-9-25(6)16(12)11-24(5)18-20(33-21(24)29)32-13(2)19(28)26(18,25)22(30)31-7/h8,10,13,16,18,20H,1,9,11H2,2-7H3/t13-,16?,18+,20+,24+,25-,26+/m0/s1. The molecule has 1 saturated carbocycles. The Labute approximate surface area is 198 Å². The minimum atomic E-state index is -1.71. The van der Waals surface area contributed by atoms with Crippen LogP contribution in [-0.4, -0.2) is 48.8 Å². The molecule has 2 aliphatic carbocycles. The number of carbonyl (C=O) groups is 4. The molecule has 0 amide bonds. The van der Waals surface area contributed by atoms with Crippen LogP contribution in [0, 0.1) is 28.1 Å². The Hall–Kier alpha value is -2.74. The van der Waals surface area contributed by atoms with Gasteiger partial charge in [0.1, 0.15) is 17.1 Å². The minimum absolute atomic E-state index is 0.292. The van der Waals surface area contributed by atoms with Gasteiger partial charge in [-0.1, -0.05) is 19.6 Å². The predicted molar refractivity (Wildman–Crippen MR) is 118 cm³/mol. The van der Waals surface area contributed by atoms with Crippen LogP contribution in [0.1, 0.15) is 47.5 Å². The third kappa shape index (κ3) is 2.42. The average molecular weight is 471 g/mol. The van der Waals surface area contributed by atoms with Gasteiger partial charge < -0.3 is 18.9 Å². The topological polar surface area (TPSA) is 105 Å². The van der Waals surface area contributed by atoms with Gasteiger partial charge in [-0.25, -0.2) is 4.79 Å². The van der Waals surface area contributed by atoms with Gasteiger partial charge in [-0.3, -0.25) is 14.4 Å². The van der Waals surface area contributed by atoms with E-state index in [2.05, 4.69) is 6.58 Å². The first kappa shape index (κ1) is 23.0. The molecule has 0 aromatic carbocycles. The lowest BCUT2D eigenvalue weighted by Gasteiger charge is -2.61. The molecule has 0 radical (unpaired) electrons. The van der Waals surface area contributed by atoms with Crippen LogP contribution in [0.5, 0.6) is 0 Å². The van der Waals surface area contributed by atoms with Gasteiger partial charge in [-0.05, 0) is 63.2 Å². The molecule has 1 unspecified atom stereocenters. The van der Waals surface area contributed by atoms with Crippen LogP contribution in [-0.2, 0) is 38.1 Å². The molecule has 0 bridgehead atoms. The van der Waals surface area contributed by atoms with Crippen molar-refractivity contribution in [3.63, 3.8) is 0 Å². The molecule has 0 spiro atoms. The normalized spacial score (nSPS) is 44.4. The van der Waals surface area contributed by atoms with Gasteiger partial charge in [0.15, 0.2) is 5.78 Å². The molecule has 5 aliphatic rings. The first-order valence-electron chi connectivity index (χ1n) is 11.6. The number of ether oxygens (including phenoxy) is 4. The molecule has 0 aromatic rings. The molecule has 3 heterocycles. The molecule has 7 atom stereocenters. The maximum atomic E-state index is 14.1. The second kappa shape index (κ2) is 6.68. The van der Waals surface area contributed by atoms with Crippen LogP contribution in [0.25, 0.3) is 0 Å². The lowest BCUT2D eigenvalue weighted by atomic mass is 9.39. The lowest BCUT2D eigenvalue weighted by Crippen LogP contribution is -2.72. The molecule has 182 valence electrons. The van der Waals surface area contributed by atoms with E-state index in [0.717, 1.165) is 5.57 Å². The van der Waals surface area contributed by atoms with Gasteiger partial charge >= 0.3 is 17.9 Å². The van der Waals surface area contributed by atoms with E-state index in [1.54, 1.807) is 27.7 Å². The predicted octanol–water partition coefficient (Wildman–Crippen LogP) is 2.81. The Kier molecular flexibility index (Phi) is 4.53. The van der Waals surface area contributed by atoms with Crippen molar-refractivity contribution in [2.24, 2.45) is 28.1 Å². The molecule has 8 heteroatoms. The third-order valence-corrected chi connectivity index (χ3v) is 9.07. The Morgan fingerprint density at radius 3 is 2.50 bits per heavy atom. The second-order valence-corrected chi connectivity index (χ2v) is 11.1. The largest absolute Gasteiger partial charge is 0.468 e. The average Bonchev–Trinajstić information content (AvgIpc) is 2.93. The summed E-state index contributed by atoms with van der Waals surface area (Å²) in [4.78, 5) is 53.6. The van der Waals surface area contributed by atoms with Gasteiger partial charge in [0.2, 0.25) is 6.29 Å². The summed E-state index contributed by atoms with van der Waals surface area (Å²) in [5.41, 5.74) is -2.83. The first-order valence-corrected chi connectivity index (χ1v) is 11.6. The van der Waals surface area contributed by atoms with E-state index in [-0.39, 0.29) is 0 Å². The zero-order valence-electron chi connectivity index (χ0n) is 20.4. The Morgan fingerprint density at radius 1 is 1.18 bits per heavy atom. The van der Waals surface area contributed by atoms with Crippen LogP contribution in [0.4, 0.5) is 0 Å². The summed E-state index contributed by atoms with van der Waals surface area (Å²) in [7, 11) is 1.25. The number of hydrogen-bond donors (Lipinski definition) is 0. The number of cyclic esters (lactones) is 1. The number of esters is 3.